The molecular weight excluding hydrogens is 238 g/mol. The lowest BCUT2D eigenvalue weighted by Gasteiger charge is -2.20. The Labute approximate surface area is 105 Å². The van der Waals surface area contributed by atoms with E-state index in [0.29, 0.717) is 0 Å². The molecule has 0 fully saturated rings. The number of rotatable bonds is 6. The second-order valence-corrected chi connectivity index (χ2v) is 8.42. The van der Waals surface area contributed by atoms with Crippen LogP contribution in [-0.4, -0.2) is 30.7 Å². The first kappa shape index (κ1) is 16.6. The third-order valence-corrected chi connectivity index (χ3v) is 5.79. The maximum Gasteiger partial charge on any atom is 0.155 e. The Morgan fingerprint density at radius 2 is 1.76 bits per heavy atom. The van der Waals surface area contributed by atoms with Gasteiger partial charge in [-0.1, -0.05) is 20.3 Å². The zero-order valence-corrected chi connectivity index (χ0v) is 12.3. The molecule has 2 atom stereocenters. The van der Waals surface area contributed by atoms with Crippen LogP contribution in [0.5, 0.6) is 0 Å². The van der Waals surface area contributed by atoms with E-state index in [9.17, 15) is 13.2 Å². The molecule has 0 rings (SSSR count). The third kappa shape index (κ3) is 4.76. The van der Waals surface area contributed by atoms with Gasteiger partial charge < -0.3 is 5.73 Å². The number of carbonyl (C=O) groups excluding carboxylic acids is 1. The Hall–Kier alpha value is -0.420. The quantitative estimate of drug-likeness (QED) is 0.788. The molecule has 0 aliphatic rings. The first-order valence-corrected chi connectivity index (χ1v) is 7.68. The highest BCUT2D eigenvalue weighted by atomic mass is 32.2. The van der Waals surface area contributed by atoms with Crippen molar-refractivity contribution in [3.05, 3.63) is 0 Å². The van der Waals surface area contributed by atoms with Gasteiger partial charge in [-0.2, -0.15) is 0 Å². The van der Waals surface area contributed by atoms with E-state index in [0.717, 1.165) is 6.42 Å². The van der Waals surface area contributed by atoms with Crippen LogP contribution in [-0.2, 0) is 14.6 Å². The van der Waals surface area contributed by atoms with Gasteiger partial charge in [-0.25, -0.2) is 8.42 Å². The lowest BCUT2D eigenvalue weighted by atomic mass is 9.95. The highest BCUT2D eigenvalue weighted by molar-refractivity contribution is 7.92. The molecule has 0 spiro atoms. The molecule has 0 heterocycles. The molecule has 2 unspecified atom stereocenters. The van der Waals surface area contributed by atoms with Gasteiger partial charge >= 0.3 is 0 Å². The molecule has 5 heteroatoms. The number of Topliss-reactive ketones (excluding diaryl/α,β-unsaturated/α-hetero) is 1. The zero-order valence-electron chi connectivity index (χ0n) is 11.5. The molecule has 0 saturated heterocycles. The van der Waals surface area contributed by atoms with Crippen LogP contribution in [0, 0.1) is 5.92 Å². The first-order valence-electron chi connectivity index (χ1n) is 6.03. The molecule has 0 aromatic carbocycles. The van der Waals surface area contributed by atoms with Crippen LogP contribution < -0.4 is 5.73 Å². The topological polar surface area (TPSA) is 77.2 Å². The van der Waals surface area contributed by atoms with Crippen molar-refractivity contribution in [1.29, 1.82) is 0 Å². The lowest BCUT2D eigenvalue weighted by molar-refractivity contribution is -0.120. The first-order chi connectivity index (χ1) is 7.53. The van der Waals surface area contributed by atoms with E-state index in [1.165, 1.54) is 0 Å². The molecule has 17 heavy (non-hydrogen) atoms. The molecule has 0 bridgehead atoms. The maximum absolute atomic E-state index is 11.8. The van der Waals surface area contributed by atoms with Crippen molar-refractivity contribution in [3.8, 4) is 0 Å². The maximum atomic E-state index is 11.8. The summed E-state index contributed by atoms with van der Waals surface area (Å²) in [5.41, 5.74) is 5.77. The van der Waals surface area contributed by atoms with E-state index >= 15 is 0 Å². The summed E-state index contributed by atoms with van der Waals surface area (Å²) in [6.07, 6.45) is 0.837. The minimum absolute atomic E-state index is 0.0190. The van der Waals surface area contributed by atoms with Gasteiger partial charge in [0.25, 0.3) is 0 Å². The minimum atomic E-state index is -3.24. The number of nitrogens with two attached hydrogens (primary N) is 1. The Morgan fingerprint density at radius 3 is 2.12 bits per heavy atom. The smallest absolute Gasteiger partial charge is 0.155 e. The van der Waals surface area contributed by atoms with Gasteiger partial charge in [0.05, 0.1) is 16.5 Å². The van der Waals surface area contributed by atoms with Crippen LogP contribution in [0.1, 0.15) is 47.5 Å². The van der Waals surface area contributed by atoms with Crippen molar-refractivity contribution in [2.45, 2.75) is 58.2 Å². The standard InChI is InChI=1S/C12H25NO3S/c1-6-9(2)11(13)10(14)7-8-17(15,16)12(3,4)5/h9,11H,6-8,13H2,1-5H3. The Morgan fingerprint density at radius 1 is 1.29 bits per heavy atom. The second kappa shape index (κ2) is 5.96. The van der Waals surface area contributed by atoms with Gasteiger partial charge in [-0.3, -0.25) is 4.79 Å². The van der Waals surface area contributed by atoms with E-state index in [1.807, 2.05) is 13.8 Å². The van der Waals surface area contributed by atoms with Gasteiger partial charge in [0, 0.05) is 6.42 Å². The number of ketones is 1. The number of hydrogen-bond acceptors (Lipinski definition) is 4. The van der Waals surface area contributed by atoms with E-state index in [1.54, 1.807) is 20.8 Å². The fraction of sp³-hybridized carbons (Fsp3) is 0.917. The molecule has 0 radical (unpaired) electrons. The number of hydrogen-bond donors (Lipinski definition) is 1. The molecule has 0 aromatic rings. The van der Waals surface area contributed by atoms with Crippen molar-refractivity contribution in [2.24, 2.45) is 11.7 Å². The van der Waals surface area contributed by atoms with E-state index < -0.39 is 20.6 Å². The van der Waals surface area contributed by atoms with Gasteiger partial charge in [-0.05, 0) is 26.7 Å². The Bertz CT molecular complexity index is 354. The Balaban J connectivity index is 4.46. The summed E-state index contributed by atoms with van der Waals surface area (Å²) in [6, 6.07) is -0.546. The predicted octanol–water partition coefficient (Wildman–Crippen LogP) is 1.53. The van der Waals surface area contributed by atoms with Crippen molar-refractivity contribution < 1.29 is 13.2 Å². The normalized spacial score (nSPS) is 16.6. The average Bonchev–Trinajstić information content (AvgIpc) is 2.22. The van der Waals surface area contributed by atoms with E-state index in [2.05, 4.69) is 0 Å². The minimum Gasteiger partial charge on any atom is -0.321 e. The fourth-order valence-corrected chi connectivity index (χ4v) is 2.36. The van der Waals surface area contributed by atoms with Crippen molar-refractivity contribution in [2.75, 3.05) is 5.75 Å². The van der Waals surface area contributed by atoms with Crippen LogP contribution in [0.25, 0.3) is 0 Å². The SMILES string of the molecule is CCC(C)C(N)C(=O)CCS(=O)(=O)C(C)(C)C. The summed E-state index contributed by atoms with van der Waals surface area (Å²) in [7, 11) is -3.24. The molecule has 0 saturated carbocycles. The second-order valence-electron chi connectivity index (χ2n) is 5.56. The molecule has 102 valence electrons. The molecule has 0 aliphatic heterocycles. The number of carbonyl (C=O) groups is 1. The summed E-state index contributed by atoms with van der Waals surface area (Å²) in [6.45, 7) is 8.79. The fourth-order valence-electron chi connectivity index (χ4n) is 1.28. The highest BCUT2D eigenvalue weighted by Gasteiger charge is 2.30. The molecule has 4 nitrogen and oxygen atoms in total. The van der Waals surface area contributed by atoms with Crippen LogP contribution >= 0.6 is 0 Å². The monoisotopic (exact) mass is 263 g/mol. The molecule has 0 aliphatic carbocycles. The zero-order chi connectivity index (χ0) is 13.9. The lowest BCUT2D eigenvalue weighted by Crippen LogP contribution is -2.39. The Kier molecular flexibility index (Phi) is 5.81. The summed E-state index contributed by atoms with van der Waals surface area (Å²) in [4.78, 5) is 11.7. The van der Waals surface area contributed by atoms with Crippen molar-refractivity contribution >= 4 is 15.6 Å². The van der Waals surface area contributed by atoms with E-state index in [-0.39, 0.29) is 23.9 Å². The summed E-state index contributed by atoms with van der Waals surface area (Å²) in [5, 5.41) is 0. The summed E-state index contributed by atoms with van der Waals surface area (Å²) in [5.74, 6) is -0.175. The van der Waals surface area contributed by atoms with Gasteiger partial charge in [0.2, 0.25) is 0 Å². The van der Waals surface area contributed by atoms with Crippen LogP contribution in [0.3, 0.4) is 0 Å². The summed E-state index contributed by atoms with van der Waals surface area (Å²) >= 11 is 0. The third-order valence-electron chi connectivity index (χ3n) is 3.18. The molecule has 0 aromatic heterocycles. The number of sulfone groups is 1. The van der Waals surface area contributed by atoms with Gasteiger partial charge in [0.15, 0.2) is 15.6 Å². The molecule has 0 amide bonds. The average molecular weight is 263 g/mol. The van der Waals surface area contributed by atoms with Crippen molar-refractivity contribution in [1.82, 2.24) is 0 Å². The predicted molar refractivity (Wildman–Crippen MR) is 70.6 cm³/mol. The largest absolute Gasteiger partial charge is 0.321 e. The van der Waals surface area contributed by atoms with Crippen LogP contribution in [0.2, 0.25) is 0 Å². The molecular formula is C12H25NO3S. The van der Waals surface area contributed by atoms with Gasteiger partial charge in [-0.15, -0.1) is 0 Å². The van der Waals surface area contributed by atoms with Gasteiger partial charge in [0.1, 0.15) is 0 Å². The van der Waals surface area contributed by atoms with E-state index in [4.69, 9.17) is 5.73 Å². The molecule has 2 N–H and O–H groups in total. The van der Waals surface area contributed by atoms with Crippen LogP contribution in [0.4, 0.5) is 0 Å². The highest BCUT2D eigenvalue weighted by Crippen LogP contribution is 2.17. The van der Waals surface area contributed by atoms with Crippen molar-refractivity contribution in [3.63, 3.8) is 0 Å². The van der Waals surface area contributed by atoms with Crippen LogP contribution in [0.15, 0.2) is 0 Å². The summed E-state index contributed by atoms with van der Waals surface area (Å²) < 4.78 is 22.8.